The number of rotatable bonds is 4. The third-order valence-corrected chi connectivity index (χ3v) is 1.61. The molecule has 0 heterocycles. The van der Waals surface area contributed by atoms with Crippen LogP contribution in [0.3, 0.4) is 0 Å². The monoisotopic (exact) mass is 152 g/mol. The number of alkyl halides is 1. The van der Waals surface area contributed by atoms with Crippen LogP contribution in [0.25, 0.3) is 0 Å². The van der Waals surface area contributed by atoms with Gasteiger partial charge in [0.1, 0.15) is 0 Å². The molecule has 0 aliphatic rings. The average Bonchev–Trinajstić information content (AvgIpc) is 1.87. The Labute approximate surface area is 60.5 Å². The van der Waals surface area contributed by atoms with Gasteiger partial charge in [0.2, 0.25) is 0 Å². The van der Waals surface area contributed by atoms with E-state index in [1.165, 1.54) is 0 Å². The van der Waals surface area contributed by atoms with Crippen LogP contribution in [-0.4, -0.2) is 28.3 Å². The Balaban J connectivity index is 3.32. The summed E-state index contributed by atoms with van der Waals surface area (Å²) in [6.45, 7) is 1.81. The van der Waals surface area contributed by atoms with Crippen molar-refractivity contribution < 1.29 is 10.2 Å². The first kappa shape index (κ1) is 9.21. The Morgan fingerprint density at radius 1 is 1.56 bits per heavy atom. The minimum absolute atomic E-state index is 0.150. The van der Waals surface area contributed by atoms with Gasteiger partial charge >= 0.3 is 0 Å². The first-order valence-corrected chi connectivity index (χ1v) is 3.59. The number of hydrogen-bond acceptors (Lipinski definition) is 2. The summed E-state index contributed by atoms with van der Waals surface area (Å²) in [7, 11) is 0. The molecule has 56 valence electrons. The van der Waals surface area contributed by atoms with E-state index in [1.54, 1.807) is 0 Å². The molecule has 0 aromatic carbocycles. The quantitative estimate of drug-likeness (QED) is 0.584. The molecule has 9 heavy (non-hydrogen) atoms. The molecule has 0 amide bonds. The van der Waals surface area contributed by atoms with E-state index in [2.05, 4.69) is 0 Å². The summed E-state index contributed by atoms with van der Waals surface area (Å²) >= 11 is 5.49. The van der Waals surface area contributed by atoms with Crippen molar-refractivity contribution in [2.24, 2.45) is 0 Å². The lowest BCUT2D eigenvalue weighted by molar-refractivity contribution is 0.129. The molecule has 2 N–H and O–H groups in total. The lowest BCUT2D eigenvalue weighted by Gasteiger charge is -2.12. The summed E-state index contributed by atoms with van der Waals surface area (Å²) in [5, 5.41) is 17.0. The fraction of sp³-hybridized carbons (Fsp3) is 1.00. The molecular weight excluding hydrogens is 140 g/mol. The minimum Gasteiger partial charge on any atom is -0.395 e. The van der Waals surface area contributed by atoms with Gasteiger partial charge in [-0.3, -0.25) is 0 Å². The van der Waals surface area contributed by atoms with Gasteiger partial charge in [-0.25, -0.2) is 0 Å². The highest BCUT2D eigenvalue weighted by atomic mass is 35.5. The van der Waals surface area contributed by atoms with Crippen molar-refractivity contribution >= 4 is 11.6 Å². The van der Waals surface area contributed by atoms with Gasteiger partial charge in [-0.1, -0.05) is 13.3 Å². The molecule has 3 heteroatoms. The summed E-state index contributed by atoms with van der Waals surface area (Å²) in [4.78, 5) is 0. The minimum atomic E-state index is -0.554. The van der Waals surface area contributed by atoms with E-state index in [1.807, 2.05) is 6.92 Å². The molecule has 0 aromatic rings. The van der Waals surface area contributed by atoms with E-state index < -0.39 is 11.5 Å². The second kappa shape index (κ2) is 5.03. The number of aliphatic hydroxyl groups is 2. The summed E-state index contributed by atoms with van der Waals surface area (Å²) in [6.07, 6.45) is 1.00. The lowest BCUT2D eigenvalue weighted by Crippen LogP contribution is -2.23. The molecule has 0 aliphatic carbocycles. The summed E-state index contributed by atoms with van der Waals surface area (Å²) in [6, 6.07) is 0. The zero-order valence-electron chi connectivity index (χ0n) is 5.55. The van der Waals surface area contributed by atoms with Crippen LogP contribution >= 0.6 is 11.6 Å². The number of aliphatic hydroxyl groups excluding tert-OH is 2. The molecule has 0 fully saturated rings. The SMILES string of the molecule is CCC[C@@H](O)[C@@H](Cl)CO. The van der Waals surface area contributed by atoms with Crippen LogP contribution < -0.4 is 0 Å². The van der Waals surface area contributed by atoms with Crippen LogP contribution in [0.1, 0.15) is 19.8 Å². The van der Waals surface area contributed by atoms with Crippen molar-refractivity contribution in [1.29, 1.82) is 0 Å². The second-order valence-corrected chi connectivity index (χ2v) is 2.62. The van der Waals surface area contributed by atoms with E-state index in [4.69, 9.17) is 21.8 Å². The number of hydrogen-bond donors (Lipinski definition) is 2. The van der Waals surface area contributed by atoms with Crippen molar-refractivity contribution in [1.82, 2.24) is 0 Å². The van der Waals surface area contributed by atoms with Gasteiger partial charge in [-0.2, -0.15) is 0 Å². The van der Waals surface area contributed by atoms with Crippen molar-refractivity contribution in [3.63, 3.8) is 0 Å². The van der Waals surface area contributed by atoms with Crippen LogP contribution in [0.5, 0.6) is 0 Å². The first-order valence-electron chi connectivity index (χ1n) is 3.15. The molecule has 0 saturated carbocycles. The van der Waals surface area contributed by atoms with Crippen molar-refractivity contribution in [3.05, 3.63) is 0 Å². The highest BCUT2D eigenvalue weighted by Crippen LogP contribution is 2.07. The average molecular weight is 153 g/mol. The molecule has 0 unspecified atom stereocenters. The van der Waals surface area contributed by atoms with Crippen molar-refractivity contribution in [2.75, 3.05) is 6.61 Å². The molecule has 0 bridgehead atoms. The topological polar surface area (TPSA) is 40.5 Å². The zero-order valence-corrected chi connectivity index (χ0v) is 6.30. The van der Waals surface area contributed by atoms with Gasteiger partial charge in [0, 0.05) is 0 Å². The van der Waals surface area contributed by atoms with E-state index in [-0.39, 0.29) is 6.61 Å². The van der Waals surface area contributed by atoms with E-state index in [0.29, 0.717) is 6.42 Å². The van der Waals surface area contributed by atoms with Crippen LogP contribution in [0.4, 0.5) is 0 Å². The molecule has 0 spiro atoms. The van der Waals surface area contributed by atoms with E-state index in [0.717, 1.165) is 6.42 Å². The second-order valence-electron chi connectivity index (χ2n) is 2.05. The van der Waals surface area contributed by atoms with Crippen LogP contribution in [0.2, 0.25) is 0 Å². The third-order valence-electron chi connectivity index (χ3n) is 1.18. The smallest absolute Gasteiger partial charge is 0.0825 e. The predicted molar refractivity (Wildman–Crippen MR) is 37.6 cm³/mol. The first-order chi connectivity index (χ1) is 4.22. The molecule has 0 radical (unpaired) electrons. The maximum Gasteiger partial charge on any atom is 0.0825 e. The van der Waals surface area contributed by atoms with E-state index >= 15 is 0 Å². The molecule has 0 rings (SSSR count). The van der Waals surface area contributed by atoms with Gasteiger partial charge in [0.15, 0.2) is 0 Å². The predicted octanol–water partition coefficient (Wildman–Crippen LogP) is 0.747. The Kier molecular flexibility index (Phi) is 5.15. The molecular formula is C6H13ClO2. The van der Waals surface area contributed by atoms with Gasteiger partial charge in [-0.15, -0.1) is 11.6 Å². The fourth-order valence-electron chi connectivity index (χ4n) is 0.598. The van der Waals surface area contributed by atoms with Crippen molar-refractivity contribution in [3.8, 4) is 0 Å². The number of halogens is 1. The fourth-order valence-corrected chi connectivity index (χ4v) is 0.724. The van der Waals surface area contributed by atoms with Gasteiger partial charge in [0.05, 0.1) is 18.1 Å². The summed E-state index contributed by atoms with van der Waals surface area (Å²) in [5.74, 6) is 0. The third kappa shape index (κ3) is 3.73. The molecule has 2 atom stereocenters. The van der Waals surface area contributed by atoms with Gasteiger partial charge < -0.3 is 10.2 Å². The highest BCUT2D eigenvalue weighted by Gasteiger charge is 2.12. The Hall–Kier alpha value is 0.210. The van der Waals surface area contributed by atoms with Gasteiger partial charge in [0.25, 0.3) is 0 Å². The normalized spacial score (nSPS) is 17.3. The molecule has 0 aliphatic heterocycles. The molecule has 2 nitrogen and oxygen atoms in total. The standard InChI is InChI=1S/C6H13ClO2/c1-2-3-6(9)5(7)4-8/h5-6,8-9H,2-4H2,1H3/t5-,6+/m0/s1. The van der Waals surface area contributed by atoms with Crippen LogP contribution in [0.15, 0.2) is 0 Å². The highest BCUT2D eigenvalue weighted by molar-refractivity contribution is 6.21. The maximum absolute atomic E-state index is 9.03. The molecule has 0 aromatic heterocycles. The Bertz CT molecular complexity index is 68.1. The van der Waals surface area contributed by atoms with Crippen LogP contribution in [0, 0.1) is 0 Å². The van der Waals surface area contributed by atoms with Crippen LogP contribution in [-0.2, 0) is 0 Å². The Morgan fingerprint density at radius 3 is 2.44 bits per heavy atom. The van der Waals surface area contributed by atoms with Crippen molar-refractivity contribution in [2.45, 2.75) is 31.2 Å². The largest absolute Gasteiger partial charge is 0.395 e. The lowest BCUT2D eigenvalue weighted by atomic mass is 10.1. The summed E-state index contributed by atoms with van der Waals surface area (Å²) < 4.78 is 0. The summed E-state index contributed by atoms with van der Waals surface area (Å²) in [5.41, 5.74) is 0. The maximum atomic E-state index is 9.03. The van der Waals surface area contributed by atoms with Gasteiger partial charge in [-0.05, 0) is 6.42 Å². The van der Waals surface area contributed by atoms with E-state index in [9.17, 15) is 0 Å². The zero-order chi connectivity index (χ0) is 7.28. The molecule has 0 saturated heterocycles. The Morgan fingerprint density at radius 2 is 2.11 bits per heavy atom.